The molecule has 0 saturated carbocycles. The maximum atomic E-state index is 15.4. The predicted octanol–water partition coefficient (Wildman–Crippen LogP) is 5.68. The van der Waals surface area contributed by atoms with Crippen LogP contribution in [0.15, 0.2) is 48.2 Å². The van der Waals surface area contributed by atoms with Gasteiger partial charge in [0.1, 0.15) is 23.7 Å². The normalized spacial score (nSPS) is 20.3. The number of aliphatic imine (C=N–C) groups is 1. The van der Waals surface area contributed by atoms with E-state index in [1.165, 1.54) is 24.5 Å². The van der Waals surface area contributed by atoms with Crippen LogP contribution in [0.5, 0.6) is 11.5 Å². The summed E-state index contributed by atoms with van der Waals surface area (Å²) in [6.45, 7) is 6.69. The molecule has 3 heterocycles. The molecule has 7 nitrogen and oxygen atoms in total. The topological polar surface area (TPSA) is 93.7 Å². The molecule has 0 bridgehead atoms. The zero-order chi connectivity index (χ0) is 29.4. The summed E-state index contributed by atoms with van der Waals surface area (Å²) in [5, 5.41) is 0. The molecule has 0 radical (unpaired) electrons. The Balaban J connectivity index is 1.45. The van der Waals surface area contributed by atoms with Crippen LogP contribution >= 0.6 is 0 Å². The second-order valence-electron chi connectivity index (χ2n) is 10.1. The van der Waals surface area contributed by atoms with Crippen LogP contribution in [0, 0.1) is 35.0 Å². The van der Waals surface area contributed by atoms with Crippen LogP contribution in [0.3, 0.4) is 0 Å². The van der Waals surface area contributed by atoms with Crippen LogP contribution in [0.1, 0.15) is 48.9 Å². The maximum Gasteiger partial charge on any atom is 0.245 e. The first-order valence-corrected chi connectivity index (χ1v) is 13.0. The molecule has 0 spiro atoms. The molecule has 1 fully saturated rings. The third kappa shape index (κ3) is 5.38. The zero-order valence-corrected chi connectivity index (χ0v) is 22.0. The first-order chi connectivity index (χ1) is 19.6. The highest BCUT2D eigenvalue weighted by molar-refractivity contribution is 6.16. The van der Waals surface area contributed by atoms with Crippen LogP contribution in [-0.2, 0) is 4.79 Å². The molecule has 0 aliphatic carbocycles. The number of halogens is 5. The molecule has 214 valence electrons. The zero-order valence-electron chi connectivity index (χ0n) is 22.0. The van der Waals surface area contributed by atoms with Crippen LogP contribution in [0.2, 0.25) is 0 Å². The third-order valence-electron chi connectivity index (χ3n) is 7.49. The van der Waals surface area contributed by atoms with Gasteiger partial charge in [0.25, 0.3) is 0 Å². The molecule has 1 amide bonds. The minimum atomic E-state index is -1.75. The molecule has 2 unspecified atom stereocenters. The third-order valence-corrected chi connectivity index (χ3v) is 7.49. The van der Waals surface area contributed by atoms with Crippen LogP contribution in [0.4, 0.5) is 27.8 Å². The second-order valence-corrected chi connectivity index (χ2v) is 10.1. The van der Waals surface area contributed by atoms with Gasteiger partial charge in [-0.05, 0) is 50.3 Å². The fraction of sp³-hybridized carbons (Fsp3) is 0.310. The van der Waals surface area contributed by atoms with Crippen molar-refractivity contribution < 1.29 is 31.5 Å². The number of piperidine rings is 1. The van der Waals surface area contributed by atoms with Crippen molar-refractivity contribution in [2.45, 2.75) is 38.1 Å². The van der Waals surface area contributed by atoms with Gasteiger partial charge in [-0.3, -0.25) is 9.79 Å². The minimum absolute atomic E-state index is 0.00260. The smallest absolute Gasteiger partial charge is 0.245 e. The van der Waals surface area contributed by atoms with E-state index in [1.807, 2.05) is 6.92 Å². The number of nitrogens with zero attached hydrogens (tertiary/aromatic N) is 4. The molecule has 3 aromatic rings. The number of carbonyl (C=O) groups is 1. The number of nitrogen functional groups attached to an aromatic ring is 1. The minimum Gasteiger partial charge on any atom is -0.451 e. The number of hydrogen-bond donors (Lipinski definition) is 1. The molecule has 2 aliphatic heterocycles. The molecule has 41 heavy (non-hydrogen) atoms. The van der Waals surface area contributed by atoms with Crippen molar-refractivity contribution >= 4 is 17.4 Å². The molecule has 12 heteroatoms. The van der Waals surface area contributed by atoms with Crippen molar-refractivity contribution in [3.8, 4) is 11.5 Å². The first kappa shape index (κ1) is 28.2. The number of benzene rings is 2. The van der Waals surface area contributed by atoms with Crippen molar-refractivity contribution in [1.82, 2.24) is 14.9 Å². The summed E-state index contributed by atoms with van der Waals surface area (Å²) in [5.74, 6) is -9.45. The molecular formula is C29H26F5N5O2. The Hall–Kier alpha value is -4.35. The Morgan fingerprint density at radius 2 is 1.85 bits per heavy atom. The van der Waals surface area contributed by atoms with E-state index >= 15 is 4.39 Å². The number of rotatable bonds is 6. The summed E-state index contributed by atoms with van der Waals surface area (Å²) in [6, 6.07) is 2.98. The number of hydrogen-bond acceptors (Lipinski definition) is 6. The number of anilines is 1. The van der Waals surface area contributed by atoms with Crippen molar-refractivity contribution in [3.05, 3.63) is 89.2 Å². The largest absolute Gasteiger partial charge is 0.451 e. The Kier molecular flexibility index (Phi) is 7.74. The number of fused-ring (bicyclic) bond motifs is 1. The summed E-state index contributed by atoms with van der Waals surface area (Å²) in [4.78, 5) is 27.3. The number of carbonyl (C=O) groups excluding carboxylic acids is 1. The van der Waals surface area contributed by atoms with E-state index in [0.29, 0.717) is 30.8 Å². The summed E-state index contributed by atoms with van der Waals surface area (Å²) in [6.07, 6.45) is 5.08. The lowest BCUT2D eigenvalue weighted by molar-refractivity contribution is -0.127. The second kappa shape index (κ2) is 11.3. The number of amides is 1. The number of aromatic nitrogens is 2. The highest BCUT2D eigenvalue weighted by Crippen LogP contribution is 2.40. The van der Waals surface area contributed by atoms with Crippen molar-refractivity contribution in [2.75, 3.05) is 18.8 Å². The fourth-order valence-electron chi connectivity index (χ4n) is 5.49. The Morgan fingerprint density at radius 3 is 2.54 bits per heavy atom. The van der Waals surface area contributed by atoms with Gasteiger partial charge in [-0.2, -0.15) is 8.78 Å². The highest BCUT2D eigenvalue weighted by Gasteiger charge is 2.36. The maximum absolute atomic E-state index is 15.4. The Bertz CT molecular complexity index is 1540. The Morgan fingerprint density at radius 1 is 1.12 bits per heavy atom. The molecule has 3 atom stereocenters. The number of nitrogens with two attached hydrogens (primary N) is 1. The van der Waals surface area contributed by atoms with Crippen LogP contribution in [0.25, 0.3) is 0 Å². The molecule has 1 saturated heterocycles. The van der Waals surface area contributed by atoms with E-state index in [1.54, 1.807) is 4.90 Å². The average molecular weight is 572 g/mol. The molecule has 2 aliphatic rings. The van der Waals surface area contributed by atoms with E-state index in [9.17, 15) is 22.4 Å². The molecule has 2 N–H and O–H groups in total. The van der Waals surface area contributed by atoms with Gasteiger partial charge in [0.2, 0.25) is 23.3 Å². The van der Waals surface area contributed by atoms with E-state index in [4.69, 9.17) is 15.5 Å². The van der Waals surface area contributed by atoms with Crippen molar-refractivity contribution in [2.24, 2.45) is 10.9 Å². The van der Waals surface area contributed by atoms with Gasteiger partial charge in [0, 0.05) is 36.7 Å². The summed E-state index contributed by atoms with van der Waals surface area (Å²) in [5.41, 5.74) is 7.38. The summed E-state index contributed by atoms with van der Waals surface area (Å²) >= 11 is 0. The quantitative estimate of drug-likeness (QED) is 0.233. The van der Waals surface area contributed by atoms with E-state index in [0.717, 1.165) is 18.9 Å². The average Bonchev–Trinajstić information content (AvgIpc) is 2.95. The monoisotopic (exact) mass is 571 g/mol. The molecular weight excluding hydrogens is 545 g/mol. The van der Waals surface area contributed by atoms with Crippen molar-refractivity contribution in [1.29, 1.82) is 0 Å². The first-order valence-electron chi connectivity index (χ1n) is 13.0. The van der Waals surface area contributed by atoms with Crippen molar-refractivity contribution in [3.63, 3.8) is 0 Å². The van der Waals surface area contributed by atoms with E-state index < -0.39 is 40.6 Å². The molecule has 1 aromatic heterocycles. The molecule has 2 aromatic carbocycles. The lowest BCUT2D eigenvalue weighted by atomic mass is 9.79. The fourth-order valence-corrected chi connectivity index (χ4v) is 5.49. The number of likely N-dealkylation sites (tertiary alicyclic amines) is 1. The van der Waals surface area contributed by atoms with E-state index in [-0.39, 0.29) is 46.9 Å². The lowest BCUT2D eigenvalue weighted by Gasteiger charge is -2.36. The number of ether oxygens (including phenoxy) is 1. The van der Waals surface area contributed by atoms with Gasteiger partial charge in [0.05, 0.1) is 23.0 Å². The van der Waals surface area contributed by atoms with Gasteiger partial charge in [-0.1, -0.05) is 6.58 Å². The van der Waals surface area contributed by atoms with Crippen LogP contribution in [-0.4, -0.2) is 45.6 Å². The SMILES string of the molecule is C=CC(=O)N1CCCC(CC2c3ncnc(N)c3C(c3ccc(Oc4c(F)c(F)cc(F)c4F)cc3F)=N[C@H]2C)C1. The molecule has 5 rings (SSSR count). The Labute approximate surface area is 232 Å². The van der Waals surface area contributed by atoms with Gasteiger partial charge >= 0.3 is 0 Å². The summed E-state index contributed by atoms with van der Waals surface area (Å²) < 4.78 is 75.7. The van der Waals surface area contributed by atoms with Gasteiger partial charge in [-0.15, -0.1) is 0 Å². The van der Waals surface area contributed by atoms with Gasteiger partial charge in [-0.25, -0.2) is 23.1 Å². The van der Waals surface area contributed by atoms with Crippen LogP contribution < -0.4 is 10.5 Å². The highest BCUT2D eigenvalue weighted by atomic mass is 19.2. The standard InChI is InChI=1S/C29H26F5N5O2/c1-3-22(40)39-8-4-5-15(12-39)9-18-14(2)38-27(23-26(18)36-13-37-29(23)35)17-7-6-16(10-19(17)30)41-28-24(33)20(31)11-21(32)25(28)34/h3,6-7,10-11,13-15,18H,1,4-5,8-9,12H2,2H3,(H2,35,36,37)/t14-,15?,18?/m0/s1. The predicted molar refractivity (Wildman–Crippen MR) is 141 cm³/mol. The summed E-state index contributed by atoms with van der Waals surface area (Å²) in [7, 11) is 0. The van der Waals surface area contributed by atoms with Gasteiger partial charge < -0.3 is 15.4 Å². The lowest BCUT2D eigenvalue weighted by Crippen LogP contribution is -2.40. The van der Waals surface area contributed by atoms with E-state index in [2.05, 4.69) is 16.5 Å². The van der Waals surface area contributed by atoms with Gasteiger partial charge in [0.15, 0.2) is 11.6 Å².